The first kappa shape index (κ1) is 9.04. The molecule has 0 nitrogen and oxygen atoms in total. The van der Waals surface area contributed by atoms with Crippen molar-refractivity contribution in [2.45, 2.75) is 19.8 Å². The van der Waals surface area contributed by atoms with Crippen molar-refractivity contribution in [2.24, 2.45) is 0 Å². The van der Waals surface area contributed by atoms with Crippen molar-refractivity contribution in [1.29, 1.82) is 0 Å². The van der Waals surface area contributed by atoms with Gasteiger partial charge in [-0.15, -0.1) is 0 Å². The van der Waals surface area contributed by atoms with E-state index < -0.39 is 0 Å². The van der Waals surface area contributed by atoms with E-state index in [0.717, 1.165) is 0 Å². The van der Waals surface area contributed by atoms with Crippen LogP contribution < -0.4 is 0 Å². The maximum absolute atomic E-state index is 2.20. The van der Waals surface area contributed by atoms with Crippen LogP contribution in [0.15, 0.2) is 24.3 Å². The maximum Gasteiger partial charge on any atom is 0 e. The molecule has 0 radical (unpaired) electrons. The fraction of sp³-hybridized carbons (Fsp3) is 0.375. The third-order valence-corrected chi connectivity index (χ3v) is 1.36. The Morgan fingerprint density at radius 1 is 1.11 bits per heavy atom. The first-order valence-corrected chi connectivity index (χ1v) is 3.02. The summed E-state index contributed by atoms with van der Waals surface area (Å²) in [6.45, 7) is 4.41. The Labute approximate surface area is 70.9 Å². The van der Waals surface area contributed by atoms with Gasteiger partial charge >= 0.3 is 0 Å². The van der Waals surface area contributed by atoms with E-state index in [9.17, 15) is 0 Å². The second-order valence-electron chi connectivity index (χ2n) is 2.37. The van der Waals surface area contributed by atoms with E-state index in [0.29, 0.717) is 5.92 Å². The number of rotatable bonds is 1. The summed E-state index contributed by atoms with van der Waals surface area (Å²) < 4.78 is 0. The summed E-state index contributed by atoms with van der Waals surface area (Å²) in [6.07, 6.45) is 0. The van der Waals surface area contributed by atoms with Crippen LogP contribution in [-0.2, 0) is 21.1 Å². The van der Waals surface area contributed by atoms with E-state index in [-0.39, 0.29) is 21.1 Å². The first-order valence-electron chi connectivity index (χ1n) is 3.02. The molecule has 1 aromatic rings. The SMILES string of the molecule is CC(C)[c-]1cccc1.[W]. The monoisotopic (exact) mass is 291 g/mol. The Hall–Kier alpha value is 0.0383. The number of hydrogen-bond donors (Lipinski definition) is 0. The summed E-state index contributed by atoms with van der Waals surface area (Å²) in [6, 6.07) is 8.47. The van der Waals surface area contributed by atoms with E-state index in [4.69, 9.17) is 0 Å². The summed E-state index contributed by atoms with van der Waals surface area (Å²) in [5, 5.41) is 0. The predicted molar refractivity (Wildman–Crippen MR) is 36.1 cm³/mol. The third-order valence-electron chi connectivity index (χ3n) is 1.36. The largest absolute Gasteiger partial charge is 0.213 e. The topological polar surface area (TPSA) is 0 Å². The Morgan fingerprint density at radius 3 is 1.78 bits per heavy atom. The fourth-order valence-corrected chi connectivity index (χ4v) is 0.774. The van der Waals surface area contributed by atoms with E-state index in [1.165, 1.54) is 5.56 Å². The van der Waals surface area contributed by atoms with E-state index in [2.05, 4.69) is 38.1 Å². The smallest absolute Gasteiger partial charge is 0 e. The molecule has 0 spiro atoms. The zero-order valence-electron chi connectivity index (χ0n) is 5.79. The van der Waals surface area contributed by atoms with Crippen LogP contribution in [0, 0.1) is 0 Å². The van der Waals surface area contributed by atoms with Gasteiger partial charge in [0.1, 0.15) is 0 Å². The summed E-state index contributed by atoms with van der Waals surface area (Å²) in [4.78, 5) is 0. The van der Waals surface area contributed by atoms with Crippen LogP contribution in [0.3, 0.4) is 0 Å². The van der Waals surface area contributed by atoms with Crippen LogP contribution >= 0.6 is 0 Å². The quantitative estimate of drug-likeness (QED) is 0.698. The maximum atomic E-state index is 2.20. The molecule has 0 aliphatic carbocycles. The fourth-order valence-electron chi connectivity index (χ4n) is 0.774. The molecule has 0 fully saturated rings. The van der Waals surface area contributed by atoms with Gasteiger partial charge in [-0.05, 0) is 0 Å². The van der Waals surface area contributed by atoms with Gasteiger partial charge in [-0.1, -0.05) is 19.8 Å². The van der Waals surface area contributed by atoms with Crippen LogP contribution in [0.2, 0.25) is 0 Å². The molecule has 0 atom stereocenters. The molecule has 0 aliphatic heterocycles. The van der Waals surface area contributed by atoms with Gasteiger partial charge in [0.15, 0.2) is 0 Å². The normalized spacial score (nSPS) is 9.22. The summed E-state index contributed by atoms with van der Waals surface area (Å²) in [7, 11) is 0. The first-order chi connectivity index (χ1) is 3.80. The molecular formula is C8H11W-. The van der Waals surface area contributed by atoms with E-state index >= 15 is 0 Å². The number of hydrogen-bond acceptors (Lipinski definition) is 0. The zero-order chi connectivity index (χ0) is 5.98. The van der Waals surface area contributed by atoms with Crippen molar-refractivity contribution in [1.82, 2.24) is 0 Å². The van der Waals surface area contributed by atoms with E-state index in [1.54, 1.807) is 0 Å². The molecule has 0 bridgehead atoms. The average Bonchev–Trinajstić information content (AvgIpc) is 2.12. The van der Waals surface area contributed by atoms with Gasteiger partial charge in [-0.25, -0.2) is 12.1 Å². The molecular weight excluding hydrogens is 280 g/mol. The van der Waals surface area contributed by atoms with Crippen LogP contribution in [0.4, 0.5) is 0 Å². The standard InChI is InChI=1S/C8H11.W/c1-7(2)8-5-3-4-6-8;/h3-7H,1-2H3;/q-1;. The molecule has 0 N–H and O–H groups in total. The zero-order valence-corrected chi connectivity index (χ0v) is 8.73. The van der Waals surface area contributed by atoms with Gasteiger partial charge in [0.2, 0.25) is 0 Å². The van der Waals surface area contributed by atoms with Gasteiger partial charge in [0.05, 0.1) is 0 Å². The molecule has 0 heterocycles. The van der Waals surface area contributed by atoms with Crippen LogP contribution in [0.25, 0.3) is 0 Å². The minimum atomic E-state index is 0. The Bertz CT molecular complexity index is 140. The molecule has 0 saturated carbocycles. The second-order valence-corrected chi connectivity index (χ2v) is 2.37. The third kappa shape index (κ3) is 2.41. The van der Waals surface area contributed by atoms with Crippen molar-refractivity contribution in [3.05, 3.63) is 29.8 Å². The van der Waals surface area contributed by atoms with Crippen LogP contribution in [0.5, 0.6) is 0 Å². The van der Waals surface area contributed by atoms with E-state index in [1.807, 2.05) is 0 Å². The predicted octanol–water partition coefficient (Wildman–Crippen LogP) is 2.53. The Kier molecular flexibility index (Phi) is 3.97. The average molecular weight is 291 g/mol. The molecule has 1 aromatic carbocycles. The molecule has 0 aliphatic rings. The second kappa shape index (κ2) is 3.95. The minimum Gasteiger partial charge on any atom is -0.213 e. The van der Waals surface area contributed by atoms with Crippen molar-refractivity contribution < 1.29 is 21.1 Å². The van der Waals surface area contributed by atoms with Gasteiger partial charge < -0.3 is 0 Å². The minimum absolute atomic E-state index is 0. The molecule has 0 amide bonds. The molecule has 1 rings (SSSR count). The Morgan fingerprint density at radius 2 is 1.56 bits per heavy atom. The van der Waals surface area contributed by atoms with Gasteiger partial charge in [0, 0.05) is 21.1 Å². The molecule has 0 aromatic heterocycles. The van der Waals surface area contributed by atoms with Gasteiger partial charge in [-0.3, -0.25) is 0 Å². The van der Waals surface area contributed by atoms with Crippen molar-refractivity contribution in [3.8, 4) is 0 Å². The Balaban J connectivity index is 0.000000640. The summed E-state index contributed by atoms with van der Waals surface area (Å²) in [5.74, 6) is 0.685. The molecule has 50 valence electrons. The van der Waals surface area contributed by atoms with Crippen molar-refractivity contribution in [2.75, 3.05) is 0 Å². The van der Waals surface area contributed by atoms with Gasteiger partial charge in [-0.2, -0.15) is 17.7 Å². The molecule has 9 heavy (non-hydrogen) atoms. The van der Waals surface area contributed by atoms with Crippen molar-refractivity contribution >= 4 is 0 Å². The van der Waals surface area contributed by atoms with Gasteiger partial charge in [0.25, 0.3) is 0 Å². The molecule has 0 saturated heterocycles. The summed E-state index contributed by atoms with van der Waals surface area (Å²) in [5.41, 5.74) is 1.44. The molecule has 1 heteroatoms. The molecule has 0 unspecified atom stereocenters. The van der Waals surface area contributed by atoms with Crippen LogP contribution in [0.1, 0.15) is 25.3 Å². The van der Waals surface area contributed by atoms with Crippen molar-refractivity contribution in [3.63, 3.8) is 0 Å². The van der Waals surface area contributed by atoms with Crippen LogP contribution in [-0.4, -0.2) is 0 Å². The summed E-state index contributed by atoms with van der Waals surface area (Å²) >= 11 is 0.